The van der Waals surface area contributed by atoms with Gasteiger partial charge in [0.2, 0.25) is 5.76 Å². The second-order valence-corrected chi connectivity index (χ2v) is 8.29. The van der Waals surface area contributed by atoms with E-state index >= 15 is 0 Å². The lowest BCUT2D eigenvalue weighted by atomic mass is 9.98. The lowest BCUT2D eigenvalue weighted by Crippen LogP contribution is -2.29. The fourth-order valence-electron chi connectivity index (χ4n) is 4.30. The first kappa shape index (κ1) is 20.9. The van der Waals surface area contributed by atoms with Gasteiger partial charge >= 0.3 is 0 Å². The number of carbonyl (C=O) groups is 1. The fourth-order valence-corrected chi connectivity index (χ4v) is 4.30. The van der Waals surface area contributed by atoms with Crippen molar-refractivity contribution in [2.45, 2.75) is 32.9 Å². The third-order valence-electron chi connectivity index (χ3n) is 5.87. The van der Waals surface area contributed by atoms with E-state index in [1.165, 1.54) is 0 Å². The number of aryl methyl sites for hydroxylation is 1. The van der Waals surface area contributed by atoms with E-state index in [2.05, 4.69) is 11.9 Å². The van der Waals surface area contributed by atoms with Gasteiger partial charge in [-0.2, -0.15) is 0 Å². The van der Waals surface area contributed by atoms with Gasteiger partial charge in [-0.3, -0.25) is 14.6 Å². The maximum absolute atomic E-state index is 13.6. The van der Waals surface area contributed by atoms with Crippen LogP contribution in [0.2, 0.25) is 0 Å². The van der Waals surface area contributed by atoms with Gasteiger partial charge in [0.1, 0.15) is 11.3 Å². The fraction of sp³-hybridized carbons (Fsp3) is 0.222. The molecule has 0 aliphatic carbocycles. The van der Waals surface area contributed by atoms with Crippen LogP contribution in [0.25, 0.3) is 11.0 Å². The minimum Gasteiger partial charge on any atom is -0.494 e. The zero-order chi connectivity index (χ0) is 22.9. The van der Waals surface area contributed by atoms with Crippen molar-refractivity contribution in [3.63, 3.8) is 0 Å². The van der Waals surface area contributed by atoms with Gasteiger partial charge in [-0.25, -0.2) is 0 Å². The molecule has 166 valence electrons. The van der Waals surface area contributed by atoms with Crippen molar-refractivity contribution in [1.82, 2.24) is 9.88 Å². The van der Waals surface area contributed by atoms with Crippen LogP contribution in [-0.4, -0.2) is 22.4 Å². The van der Waals surface area contributed by atoms with E-state index in [1.807, 2.05) is 55.5 Å². The van der Waals surface area contributed by atoms with Gasteiger partial charge < -0.3 is 14.1 Å². The standard InChI is InChI=1S/C27H24N2O4/c1-3-13-32-20-9-7-19(8-10-20)24-23-25(30)21-14-17(2)6-11-22(21)33-26(23)27(31)29(24)16-18-5-4-12-28-15-18/h4-12,14-15,24H,3,13,16H2,1-2H3/t24-/m0/s1. The lowest BCUT2D eigenvalue weighted by molar-refractivity contribution is 0.0714. The Morgan fingerprint density at radius 3 is 2.64 bits per heavy atom. The van der Waals surface area contributed by atoms with E-state index in [0.717, 1.165) is 28.9 Å². The number of nitrogens with zero attached hydrogens (tertiary/aromatic N) is 2. The van der Waals surface area contributed by atoms with Crippen LogP contribution in [0.15, 0.2) is 76.2 Å². The highest BCUT2D eigenvalue weighted by Gasteiger charge is 2.42. The summed E-state index contributed by atoms with van der Waals surface area (Å²) in [5.41, 5.74) is 3.29. The van der Waals surface area contributed by atoms with Gasteiger partial charge in [-0.1, -0.05) is 36.8 Å². The van der Waals surface area contributed by atoms with Crippen LogP contribution in [0.3, 0.4) is 0 Å². The van der Waals surface area contributed by atoms with Crippen LogP contribution in [0, 0.1) is 6.92 Å². The summed E-state index contributed by atoms with van der Waals surface area (Å²) in [6.07, 6.45) is 4.33. The van der Waals surface area contributed by atoms with Crippen LogP contribution in [-0.2, 0) is 6.54 Å². The molecule has 0 N–H and O–H groups in total. The molecule has 3 heterocycles. The van der Waals surface area contributed by atoms with Gasteiger partial charge in [-0.05, 0) is 54.8 Å². The van der Waals surface area contributed by atoms with Crippen LogP contribution in [0.4, 0.5) is 0 Å². The zero-order valence-corrected chi connectivity index (χ0v) is 18.6. The number of aromatic nitrogens is 1. The summed E-state index contributed by atoms with van der Waals surface area (Å²) in [5.74, 6) is 0.561. The number of rotatable bonds is 6. The molecule has 0 fully saturated rings. The predicted octanol–water partition coefficient (Wildman–Crippen LogP) is 5.03. The maximum atomic E-state index is 13.6. The van der Waals surface area contributed by atoms with E-state index in [4.69, 9.17) is 9.15 Å². The monoisotopic (exact) mass is 440 g/mol. The minimum atomic E-state index is -0.561. The molecule has 1 atom stereocenters. The molecule has 2 aromatic heterocycles. The Kier molecular flexibility index (Phi) is 5.42. The van der Waals surface area contributed by atoms with E-state index in [-0.39, 0.29) is 17.1 Å². The Morgan fingerprint density at radius 1 is 1.09 bits per heavy atom. The average Bonchev–Trinajstić information content (AvgIpc) is 3.11. The summed E-state index contributed by atoms with van der Waals surface area (Å²) < 4.78 is 11.7. The van der Waals surface area contributed by atoms with Crippen molar-refractivity contribution >= 4 is 16.9 Å². The molecule has 0 spiro atoms. The highest BCUT2D eigenvalue weighted by molar-refractivity contribution is 5.99. The highest BCUT2D eigenvalue weighted by atomic mass is 16.5. The number of benzene rings is 2. The highest BCUT2D eigenvalue weighted by Crippen LogP contribution is 2.39. The van der Waals surface area contributed by atoms with Crippen LogP contribution >= 0.6 is 0 Å². The Labute approximate surface area is 191 Å². The van der Waals surface area contributed by atoms with E-state index in [0.29, 0.717) is 29.7 Å². The van der Waals surface area contributed by atoms with Crippen LogP contribution in [0.5, 0.6) is 5.75 Å². The molecular weight excluding hydrogens is 416 g/mol. The summed E-state index contributed by atoms with van der Waals surface area (Å²) in [5, 5.41) is 0.484. The molecule has 1 aliphatic rings. The number of hydrogen-bond donors (Lipinski definition) is 0. The van der Waals surface area contributed by atoms with Gasteiger partial charge in [0.25, 0.3) is 5.91 Å². The third-order valence-corrected chi connectivity index (χ3v) is 5.87. The van der Waals surface area contributed by atoms with Crippen molar-refractivity contribution in [1.29, 1.82) is 0 Å². The number of ether oxygens (including phenoxy) is 1. The van der Waals surface area contributed by atoms with Gasteiger partial charge in [-0.15, -0.1) is 0 Å². The summed E-state index contributed by atoms with van der Waals surface area (Å²) in [6.45, 7) is 4.92. The van der Waals surface area contributed by atoms with Crippen molar-refractivity contribution in [3.05, 3.63) is 105 Å². The molecule has 0 saturated carbocycles. The van der Waals surface area contributed by atoms with Crippen molar-refractivity contribution in [3.8, 4) is 5.75 Å². The normalized spacial score (nSPS) is 15.2. The van der Waals surface area contributed by atoms with Crippen LogP contribution < -0.4 is 10.2 Å². The van der Waals surface area contributed by atoms with E-state index < -0.39 is 6.04 Å². The van der Waals surface area contributed by atoms with Crippen molar-refractivity contribution in [2.75, 3.05) is 6.61 Å². The molecule has 1 amide bonds. The molecule has 0 saturated heterocycles. The topological polar surface area (TPSA) is 72.6 Å². The Balaban J connectivity index is 1.66. The summed E-state index contributed by atoms with van der Waals surface area (Å²) in [7, 11) is 0. The maximum Gasteiger partial charge on any atom is 0.291 e. The first-order chi connectivity index (χ1) is 16.1. The summed E-state index contributed by atoms with van der Waals surface area (Å²) >= 11 is 0. The Morgan fingerprint density at radius 2 is 1.91 bits per heavy atom. The SMILES string of the molecule is CCCOc1ccc([C@H]2c3c(oc4ccc(C)cc4c3=O)C(=O)N2Cc2cccnc2)cc1. The molecule has 5 rings (SSSR count). The number of amides is 1. The van der Waals surface area contributed by atoms with Crippen molar-refractivity contribution < 1.29 is 13.9 Å². The molecule has 6 nitrogen and oxygen atoms in total. The predicted molar refractivity (Wildman–Crippen MR) is 125 cm³/mol. The van der Waals surface area contributed by atoms with E-state index in [9.17, 15) is 9.59 Å². The number of carbonyl (C=O) groups excluding carboxylic acids is 1. The number of hydrogen-bond acceptors (Lipinski definition) is 5. The third kappa shape index (κ3) is 3.78. The largest absolute Gasteiger partial charge is 0.494 e. The van der Waals surface area contributed by atoms with Gasteiger partial charge in [0.05, 0.1) is 23.6 Å². The zero-order valence-electron chi connectivity index (χ0n) is 18.6. The quantitative estimate of drug-likeness (QED) is 0.420. The van der Waals surface area contributed by atoms with Gasteiger partial charge in [0, 0.05) is 18.9 Å². The number of pyridine rings is 1. The second-order valence-electron chi connectivity index (χ2n) is 8.29. The molecule has 0 unspecified atom stereocenters. The van der Waals surface area contributed by atoms with Gasteiger partial charge in [0.15, 0.2) is 5.43 Å². The summed E-state index contributed by atoms with van der Waals surface area (Å²) in [4.78, 5) is 33.0. The van der Waals surface area contributed by atoms with Crippen LogP contribution in [0.1, 0.15) is 52.2 Å². The molecule has 33 heavy (non-hydrogen) atoms. The Bertz CT molecular complexity index is 1380. The summed E-state index contributed by atoms with van der Waals surface area (Å²) in [6, 6.07) is 16.2. The smallest absolute Gasteiger partial charge is 0.291 e. The molecule has 0 bridgehead atoms. The molecule has 0 radical (unpaired) electrons. The second kappa shape index (κ2) is 8.54. The van der Waals surface area contributed by atoms with E-state index in [1.54, 1.807) is 23.4 Å². The number of fused-ring (bicyclic) bond motifs is 2. The minimum absolute atomic E-state index is 0.108. The van der Waals surface area contributed by atoms with Crippen molar-refractivity contribution in [2.24, 2.45) is 0 Å². The average molecular weight is 440 g/mol. The molecule has 4 aromatic rings. The Hall–Kier alpha value is -3.93. The molecular formula is C27H24N2O4. The first-order valence-electron chi connectivity index (χ1n) is 11.1. The lowest BCUT2D eigenvalue weighted by Gasteiger charge is -2.25. The first-order valence-corrected chi connectivity index (χ1v) is 11.1. The molecule has 1 aliphatic heterocycles. The molecule has 2 aromatic carbocycles. The molecule has 6 heteroatoms.